The lowest BCUT2D eigenvalue weighted by molar-refractivity contribution is -0.116. The number of fused-ring (bicyclic) bond motifs is 1. The first-order valence-electron chi connectivity index (χ1n) is 8.55. The summed E-state index contributed by atoms with van der Waals surface area (Å²) < 4.78 is 25.6. The fourth-order valence-electron chi connectivity index (χ4n) is 2.71. The molecule has 0 bridgehead atoms. The predicted molar refractivity (Wildman–Crippen MR) is 110 cm³/mol. The van der Waals surface area contributed by atoms with E-state index in [1.165, 1.54) is 23.5 Å². The quantitative estimate of drug-likeness (QED) is 0.598. The molecule has 8 heteroatoms. The van der Waals surface area contributed by atoms with Crippen LogP contribution >= 0.6 is 22.9 Å². The monoisotopic (exact) mass is 422 g/mol. The summed E-state index contributed by atoms with van der Waals surface area (Å²) in [7, 11) is -3.43. The molecule has 27 heavy (non-hydrogen) atoms. The normalized spacial score (nSPS) is 11.6. The van der Waals surface area contributed by atoms with Gasteiger partial charge in [0, 0.05) is 11.4 Å². The molecule has 0 spiro atoms. The molecule has 0 aliphatic rings. The van der Waals surface area contributed by atoms with E-state index in [1.807, 2.05) is 18.2 Å². The summed E-state index contributed by atoms with van der Waals surface area (Å²) >= 11 is 7.20. The van der Waals surface area contributed by atoms with Crippen molar-refractivity contribution in [2.24, 2.45) is 0 Å². The Kier molecular flexibility index (Phi) is 6.14. The zero-order chi connectivity index (χ0) is 19.4. The second kappa shape index (κ2) is 8.37. The first-order valence-corrected chi connectivity index (χ1v) is 11.4. The Balaban J connectivity index is 1.58. The molecule has 0 radical (unpaired) electrons. The zero-order valence-corrected chi connectivity index (χ0v) is 17.1. The number of nitrogens with zero attached hydrogens (tertiary/aromatic N) is 1. The van der Waals surface area contributed by atoms with E-state index in [-0.39, 0.29) is 29.4 Å². The number of sulfone groups is 1. The summed E-state index contributed by atoms with van der Waals surface area (Å²) in [5.41, 5.74) is 2.05. The number of carbonyl (C=O) groups excluding carboxylic acids is 1. The highest BCUT2D eigenvalue weighted by atomic mass is 35.5. The smallest absolute Gasteiger partial charge is 0.226 e. The molecule has 1 N–H and O–H groups in total. The zero-order valence-electron chi connectivity index (χ0n) is 14.7. The molecule has 1 amide bonds. The number of carbonyl (C=O) groups is 1. The number of hydrogen-bond acceptors (Lipinski definition) is 5. The number of benzene rings is 2. The van der Waals surface area contributed by atoms with Crippen LogP contribution in [0.25, 0.3) is 10.2 Å². The number of nitrogens with one attached hydrogen (secondary N) is 1. The third kappa shape index (κ3) is 4.86. The summed E-state index contributed by atoms with van der Waals surface area (Å²) in [5, 5.41) is 3.79. The van der Waals surface area contributed by atoms with Crippen LogP contribution in [0.5, 0.6) is 0 Å². The molecule has 1 heterocycles. The van der Waals surface area contributed by atoms with Crippen LogP contribution in [-0.2, 0) is 21.1 Å². The number of aryl methyl sites for hydroxylation is 1. The van der Waals surface area contributed by atoms with Gasteiger partial charge in [0.05, 0.1) is 20.9 Å². The van der Waals surface area contributed by atoms with Crippen molar-refractivity contribution in [3.63, 3.8) is 0 Å². The van der Waals surface area contributed by atoms with Crippen molar-refractivity contribution in [1.29, 1.82) is 0 Å². The van der Waals surface area contributed by atoms with E-state index in [0.717, 1.165) is 22.2 Å². The van der Waals surface area contributed by atoms with Gasteiger partial charge in [-0.2, -0.15) is 0 Å². The standard InChI is InChI=1S/C19H19ClN2O3S2/c1-2-13-5-3-6-16-18(13)22-19(26-16)21-17(23)7-4-12-27(24,25)15-10-8-14(20)9-11-15/h3,5-6,8-11H,2,4,7,12H2,1H3,(H,21,22,23). The topological polar surface area (TPSA) is 76.1 Å². The molecule has 142 valence electrons. The van der Waals surface area contributed by atoms with Gasteiger partial charge in [0.15, 0.2) is 15.0 Å². The van der Waals surface area contributed by atoms with Crippen LogP contribution in [0.3, 0.4) is 0 Å². The van der Waals surface area contributed by atoms with Gasteiger partial charge in [-0.1, -0.05) is 42.0 Å². The van der Waals surface area contributed by atoms with Gasteiger partial charge >= 0.3 is 0 Å². The fraction of sp³-hybridized carbons (Fsp3) is 0.263. The molecule has 0 aliphatic heterocycles. The van der Waals surface area contributed by atoms with Crippen molar-refractivity contribution < 1.29 is 13.2 Å². The first kappa shape index (κ1) is 19.8. The van der Waals surface area contributed by atoms with E-state index in [1.54, 1.807) is 12.1 Å². The Morgan fingerprint density at radius 3 is 2.63 bits per heavy atom. The highest BCUT2D eigenvalue weighted by Crippen LogP contribution is 2.28. The van der Waals surface area contributed by atoms with Crippen molar-refractivity contribution >= 4 is 54.0 Å². The highest BCUT2D eigenvalue weighted by Gasteiger charge is 2.16. The van der Waals surface area contributed by atoms with Crippen LogP contribution in [0.2, 0.25) is 5.02 Å². The number of amides is 1. The maximum absolute atomic E-state index is 12.3. The second-order valence-corrected chi connectivity index (χ2v) is 9.64. The number of para-hydroxylation sites is 1. The van der Waals surface area contributed by atoms with E-state index in [2.05, 4.69) is 17.2 Å². The van der Waals surface area contributed by atoms with Crippen LogP contribution < -0.4 is 5.32 Å². The molecule has 0 aliphatic carbocycles. The van der Waals surface area contributed by atoms with Gasteiger partial charge in [0.2, 0.25) is 5.91 Å². The molecule has 0 saturated carbocycles. The van der Waals surface area contributed by atoms with E-state index < -0.39 is 9.84 Å². The third-order valence-electron chi connectivity index (χ3n) is 4.12. The van der Waals surface area contributed by atoms with Crippen molar-refractivity contribution in [3.05, 3.63) is 53.1 Å². The highest BCUT2D eigenvalue weighted by molar-refractivity contribution is 7.91. The number of halogens is 1. The Morgan fingerprint density at radius 2 is 1.93 bits per heavy atom. The van der Waals surface area contributed by atoms with Crippen LogP contribution in [0, 0.1) is 0 Å². The molecule has 5 nitrogen and oxygen atoms in total. The van der Waals surface area contributed by atoms with Gasteiger partial charge < -0.3 is 5.32 Å². The maximum atomic E-state index is 12.3. The molecular weight excluding hydrogens is 404 g/mol. The van der Waals surface area contributed by atoms with Gasteiger partial charge in [0.1, 0.15) is 0 Å². The van der Waals surface area contributed by atoms with E-state index >= 15 is 0 Å². The van der Waals surface area contributed by atoms with Gasteiger partial charge in [0.25, 0.3) is 0 Å². The number of aromatic nitrogens is 1. The van der Waals surface area contributed by atoms with Crippen molar-refractivity contribution in [2.45, 2.75) is 31.1 Å². The summed E-state index contributed by atoms with van der Waals surface area (Å²) in [4.78, 5) is 16.9. The summed E-state index contributed by atoms with van der Waals surface area (Å²) in [6.45, 7) is 2.06. The lowest BCUT2D eigenvalue weighted by atomic mass is 10.1. The molecule has 1 aromatic heterocycles. The number of anilines is 1. The number of hydrogen-bond donors (Lipinski definition) is 1. The summed E-state index contributed by atoms with van der Waals surface area (Å²) in [6.07, 6.45) is 1.22. The largest absolute Gasteiger partial charge is 0.302 e. The molecule has 3 aromatic rings. The van der Waals surface area contributed by atoms with Crippen molar-refractivity contribution in [1.82, 2.24) is 4.98 Å². The molecule has 0 saturated heterocycles. The fourth-order valence-corrected chi connectivity index (χ4v) is 5.08. The van der Waals surface area contributed by atoms with Crippen LogP contribution in [0.4, 0.5) is 5.13 Å². The van der Waals surface area contributed by atoms with Crippen LogP contribution in [-0.4, -0.2) is 25.1 Å². The Bertz CT molecular complexity index is 1060. The lowest BCUT2D eigenvalue weighted by Crippen LogP contribution is -2.14. The van der Waals surface area contributed by atoms with Crippen LogP contribution in [0.1, 0.15) is 25.3 Å². The Hall–Kier alpha value is -1.96. The SMILES string of the molecule is CCc1cccc2sc(NC(=O)CCCS(=O)(=O)c3ccc(Cl)cc3)nc12. The van der Waals surface area contributed by atoms with E-state index in [4.69, 9.17) is 11.6 Å². The predicted octanol–water partition coefficient (Wildman–Crippen LogP) is 4.70. The third-order valence-corrected chi connectivity index (χ3v) is 7.12. The average Bonchev–Trinajstić information content (AvgIpc) is 3.04. The van der Waals surface area contributed by atoms with E-state index in [9.17, 15) is 13.2 Å². The molecule has 2 aromatic carbocycles. The molecule has 3 rings (SSSR count). The van der Waals surface area contributed by atoms with Gasteiger partial charge in [-0.05, 0) is 48.7 Å². The minimum absolute atomic E-state index is 0.0954. The van der Waals surface area contributed by atoms with Crippen molar-refractivity contribution in [2.75, 3.05) is 11.1 Å². The summed E-state index contributed by atoms with van der Waals surface area (Å²) in [5.74, 6) is -0.333. The van der Waals surface area contributed by atoms with E-state index in [0.29, 0.717) is 10.2 Å². The van der Waals surface area contributed by atoms with Crippen LogP contribution in [0.15, 0.2) is 47.4 Å². The maximum Gasteiger partial charge on any atom is 0.226 e. The first-order chi connectivity index (χ1) is 12.9. The molecule has 0 fully saturated rings. The number of rotatable bonds is 7. The minimum Gasteiger partial charge on any atom is -0.302 e. The van der Waals surface area contributed by atoms with Gasteiger partial charge in [-0.3, -0.25) is 4.79 Å². The molecular formula is C19H19ClN2O3S2. The Labute approximate surface area is 167 Å². The number of thiazole rings is 1. The minimum atomic E-state index is -3.43. The molecule has 0 unspecified atom stereocenters. The lowest BCUT2D eigenvalue weighted by Gasteiger charge is -2.05. The van der Waals surface area contributed by atoms with Gasteiger partial charge in [-0.15, -0.1) is 0 Å². The van der Waals surface area contributed by atoms with Gasteiger partial charge in [-0.25, -0.2) is 13.4 Å². The molecule has 0 atom stereocenters. The Morgan fingerprint density at radius 1 is 1.19 bits per heavy atom. The average molecular weight is 423 g/mol. The van der Waals surface area contributed by atoms with Crippen molar-refractivity contribution in [3.8, 4) is 0 Å². The second-order valence-electron chi connectivity index (χ2n) is 6.06. The summed E-state index contributed by atoms with van der Waals surface area (Å²) in [6, 6.07) is 12.0.